The van der Waals surface area contributed by atoms with E-state index in [1.165, 1.54) is 0 Å². The number of carbonyl (C=O) groups excluding carboxylic acids is 2. The summed E-state index contributed by atoms with van der Waals surface area (Å²) in [4.78, 5) is 23.0. The van der Waals surface area contributed by atoms with Gasteiger partial charge in [0.25, 0.3) is 0 Å². The van der Waals surface area contributed by atoms with Gasteiger partial charge in [0, 0.05) is 18.6 Å². The van der Waals surface area contributed by atoms with Crippen molar-refractivity contribution >= 4 is 11.7 Å². The summed E-state index contributed by atoms with van der Waals surface area (Å²) >= 11 is 0. The van der Waals surface area contributed by atoms with Gasteiger partial charge in [0.2, 0.25) is 5.91 Å². The van der Waals surface area contributed by atoms with E-state index < -0.39 is 0 Å². The second-order valence-electron chi connectivity index (χ2n) is 5.94. The molecular formula is C16H31NO6. The number of ketones is 1. The van der Waals surface area contributed by atoms with Gasteiger partial charge < -0.3 is 24.3 Å². The molecule has 0 rings (SSSR count). The van der Waals surface area contributed by atoms with Gasteiger partial charge in [0.05, 0.1) is 33.0 Å². The van der Waals surface area contributed by atoms with E-state index in [9.17, 15) is 9.59 Å². The molecule has 0 aromatic heterocycles. The van der Waals surface area contributed by atoms with Crippen LogP contribution in [-0.2, 0) is 28.5 Å². The van der Waals surface area contributed by atoms with E-state index in [0.29, 0.717) is 46.2 Å². The van der Waals surface area contributed by atoms with E-state index in [4.69, 9.17) is 18.9 Å². The van der Waals surface area contributed by atoms with Gasteiger partial charge in [-0.15, -0.1) is 0 Å². The monoisotopic (exact) mass is 333 g/mol. The molecule has 0 fully saturated rings. The van der Waals surface area contributed by atoms with E-state index in [-0.39, 0.29) is 30.3 Å². The Morgan fingerprint density at radius 1 is 0.826 bits per heavy atom. The molecule has 0 saturated carbocycles. The number of carbonyl (C=O) groups is 2. The van der Waals surface area contributed by atoms with E-state index >= 15 is 0 Å². The number of amides is 1. The maximum atomic E-state index is 11.6. The number of rotatable bonds is 14. The largest absolute Gasteiger partial charge is 0.379 e. The molecule has 0 aliphatic heterocycles. The second-order valence-corrected chi connectivity index (χ2v) is 5.94. The molecule has 23 heavy (non-hydrogen) atoms. The number of ether oxygens (including phenoxy) is 4. The van der Waals surface area contributed by atoms with E-state index in [2.05, 4.69) is 5.32 Å². The topological polar surface area (TPSA) is 83.1 Å². The molecular weight excluding hydrogens is 302 g/mol. The molecule has 0 aliphatic carbocycles. The van der Waals surface area contributed by atoms with Crippen molar-refractivity contribution < 1.29 is 28.5 Å². The summed E-state index contributed by atoms with van der Waals surface area (Å²) in [6.45, 7) is 10.7. The highest BCUT2D eigenvalue weighted by Gasteiger charge is 2.20. The zero-order valence-electron chi connectivity index (χ0n) is 14.8. The van der Waals surface area contributed by atoms with Crippen molar-refractivity contribution in [3.8, 4) is 0 Å². The highest BCUT2D eigenvalue weighted by molar-refractivity contribution is 5.84. The molecule has 0 aliphatic rings. The maximum absolute atomic E-state index is 11.6. The molecule has 0 atom stereocenters. The van der Waals surface area contributed by atoms with Crippen LogP contribution in [0.25, 0.3) is 0 Å². The Morgan fingerprint density at radius 2 is 1.39 bits per heavy atom. The Morgan fingerprint density at radius 3 is 2.00 bits per heavy atom. The predicted molar refractivity (Wildman–Crippen MR) is 86.4 cm³/mol. The number of nitrogens with one attached hydrogen (secondary N) is 1. The van der Waals surface area contributed by atoms with E-state index in [0.717, 1.165) is 0 Å². The van der Waals surface area contributed by atoms with Crippen LogP contribution in [-0.4, -0.2) is 71.1 Å². The molecule has 0 saturated heterocycles. The van der Waals surface area contributed by atoms with Gasteiger partial charge in [-0.3, -0.25) is 9.59 Å². The van der Waals surface area contributed by atoms with Gasteiger partial charge in [-0.1, -0.05) is 20.8 Å². The summed E-state index contributed by atoms with van der Waals surface area (Å²) in [6.07, 6.45) is 0. The quantitative estimate of drug-likeness (QED) is 0.474. The summed E-state index contributed by atoms with van der Waals surface area (Å²) in [5.41, 5.74) is -0.379. The lowest BCUT2D eigenvalue weighted by atomic mass is 9.91. The van der Waals surface area contributed by atoms with Crippen molar-refractivity contribution in [3.05, 3.63) is 0 Å². The van der Waals surface area contributed by atoms with Gasteiger partial charge >= 0.3 is 0 Å². The van der Waals surface area contributed by atoms with Crippen LogP contribution in [0.5, 0.6) is 0 Å². The van der Waals surface area contributed by atoms with E-state index in [1.54, 1.807) is 0 Å². The van der Waals surface area contributed by atoms with Crippen LogP contribution in [0.2, 0.25) is 0 Å². The fourth-order valence-electron chi connectivity index (χ4n) is 1.34. The lowest BCUT2D eigenvalue weighted by molar-refractivity contribution is -0.131. The minimum absolute atomic E-state index is 0.0189. The van der Waals surface area contributed by atoms with Crippen LogP contribution in [0.3, 0.4) is 0 Å². The second kappa shape index (κ2) is 13.4. The van der Waals surface area contributed by atoms with Crippen LogP contribution in [0, 0.1) is 5.41 Å². The van der Waals surface area contributed by atoms with Gasteiger partial charge in [-0.2, -0.15) is 0 Å². The molecule has 0 aromatic rings. The Balaban J connectivity index is 3.33. The number of hydrogen-bond acceptors (Lipinski definition) is 6. The third kappa shape index (κ3) is 14.3. The summed E-state index contributed by atoms with van der Waals surface area (Å²) in [7, 11) is 0. The van der Waals surface area contributed by atoms with Crippen LogP contribution in [0.4, 0.5) is 0 Å². The lowest BCUT2D eigenvalue weighted by Crippen LogP contribution is -2.31. The Hall–Kier alpha value is -1.02. The smallest absolute Gasteiger partial charge is 0.246 e. The minimum atomic E-state index is -0.379. The normalized spacial score (nSPS) is 11.5. The molecule has 7 nitrogen and oxygen atoms in total. The third-order valence-electron chi connectivity index (χ3n) is 2.82. The summed E-state index contributed by atoms with van der Waals surface area (Å²) in [6, 6.07) is 0. The first-order valence-corrected chi connectivity index (χ1v) is 7.99. The highest BCUT2D eigenvalue weighted by Crippen LogP contribution is 2.14. The molecule has 0 heterocycles. The maximum Gasteiger partial charge on any atom is 0.246 e. The average molecular weight is 333 g/mol. The standard InChI is InChI=1S/C16H31NO6/c1-5-20-8-10-23-13-15(19)17-6-7-21-9-11-22-12-14(18)16(2,3)4/h5-13H2,1-4H3,(H,17,19). The number of Topliss-reactive ketones (excluding diaryl/α,β-unsaturated/α-hetero) is 1. The highest BCUT2D eigenvalue weighted by atomic mass is 16.5. The van der Waals surface area contributed by atoms with Crippen molar-refractivity contribution in [2.24, 2.45) is 5.41 Å². The lowest BCUT2D eigenvalue weighted by Gasteiger charge is -2.16. The number of hydrogen-bond donors (Lipinski definition) is 1. The van der Waals surface area contributed by atoms with Crippen molar-refractivity contribution in [2.75, 3.05) is 59.4 Å². The summed E-state index contributed by atoms with van der Waals surface area (Å²) in [5.74, 6) is -0.119. The fraction of sp³-hybridized carbons (Fsp3) is 0.875. The zero-order valence-corrected chi connectivity index (χ0v) is 14.8. The zero-order chi connectivity index (χ0) is 17.6. The van der Waals surface area contributed by atoms with Gasteiger partial charge in [0.1, 0.15) is 13.2 Å². The third-order valence-corrected chi connectivity index (χ3v) is 2.82. The van der Waals surface area contributed by atoms with Crippen LogP contribution in [0.15, 0.2) is 0 Å². The molecule has 1 amide bonds. The molecule has 0 aromatic carbocycles. The molecule has 0 bridgehead atoms. The molecule has 7 heteroatoms. The first-order chi connectivity index (χ1) is 10.9. The van der Waals surface area contributed by atoms with Crippen molar-refractivity contribution in [1.29, 1.82) is 0 Å². The van der Waals surface area contributed by atoms with Crippen molar-refractivity contribution in [3.63, 3.8) is 0 Å². The Labute approximate surface area is 139 Å². The Bertz CT molecular complexity index is 327. The predicted octanol–water partition coefficient (Wildman–Crippen LogP) is 0.804. The summed E-state index contributed by atoms with van der Waals surface area (Å²) < 4.78 is 20.8. The molecule has 136 valence electrons. The molecule has 0 unspecified atom stereocenters. The van der Waals surface area contributed by atoms with Crippen LogP contribution in [0.1, 0.15) is 27.7 Å². The SMILES string of the molecule is CCOCCOCC(=O)NCCOCCOCC(=O)C(C)(C)C. The van der Waals surface area contributed by atoms with E-state index in [1.807, 2.05) is 27.7 Å². The van der Waals surface area contributed by atoms with Crippen molar-refractivity contribution in [1.82, 2.24) is 5.32 Å². The van der Waals surface area contributed by atoms with Gasteiger partial charge in [-0.25, -0.2) is 0 Å². The fourth-order valence-corrected chi connectivity index (χ4v) is 1.34. The molecule has 1 N–H and O–H groups in total. The first-order valence-electron chi connectivity index (χ1n) is 7.99. The van der Waals surface area contributed by atoms with Gasteiger partial charge in [0.15, 0.2) is 5.78 Å². The Kier molecular flexibility index (Phi) is 12.8. The minimum Gasteiger partial charge on any atom is -0.379 e. The van der Waals surface area contributed by atoms with Crippen LogP contribution >= 0.6 is 0 Å². The van der Waals surface area contributed by atoms with Crippen molar-refractivity contribution in [2.45, 2.75) is 27.7 Å². The van der Waals surface area contributed by atoms with Gasteiger partial charge in [-0.05, 0) is 6.92 Å². The first kappa shape index (κ1) is 22.0. The average Bonchev–Trinajstić information content (AvgIpc) is 2.48. The summed E-state index contributed by atoms with van der Waals surface area (Å²) in [5, 5.41) is 2.68. The molecule has 0 radical (unpaired) electrons. The van der Waals surface area contributed by atoms with Crippen LogP contribution < -0.4 is 5.32 Å². The molecule has 0 spiro atoms.